The van der Waals surface area contributed by atoms with Crippen molar-refractivity contribution in [1.82, 2.24) is 15.1 Å². The Labute approximate surface area is 121 Å². The Kier molecular flexibility index (Phi) is 6.31. The summed E-state index contributed by atoms with van der Waals surface area (Å²) in [4.78, 5) is 16.2. The van der Waals surface area contributed by atoms with E-state index < -0.39 is 0 Å². The summed E-state index contributed by atoms with van der Waals surface area (Å²) < 4.78 is 0. The van der Waals surface area contributed by atoms with Crippen LogP contribution in [0.2, 0.25) is 0 Å². The fraction of sp³-hybridized carbons (Fsp3) is 0.929. The highest BCUT2D eigenvalue weighted by atomic mass is 32.2. The summed E-state index contributed by atoms with van der Waals surface area (Å²) in [6.45, 7) is 5.32. The summed E-state index contributed by atoms with van der Waals surface area (Å²) in [6, 6.07) is 0.0916. The van der Waals surface area contributed by atoms with E-state index in [4.69, 9.17) is 0 Å². The molecule has 0 bridgehead atoms. The fourth-order valence-electron chi connectivity index (χ4n) is 2.78. The molecule has 1 N–H and O–H groups in total. The second kappa shape index (κ2) is 8.00. The van der Waals surface area contributed by atoms with E-state index in [9.17, 15) is 4.79 Å². The van der Waals surface area contributed by atoms with Crippen molar-refractivity contribution in [2.45, 2.75) is 37.4 Å². The zero-order chi connectivity index (χ0) is 13.5. The SMILES string of the molecule is CN(CCCN1CCCC1)C(=O)NCC1CCCS1. The van der Waals surface area contributed by atoms with Crippen molar-refractivity contribution in [3.05, 3.63) is 0 Å². The first kappa shape index (κ1) is 15.0. The molecular weight excluding hydrogens is 258 g/mol. The van der Waals surface area contributed by atoms with Gasteiger partial charge >= 0.3 is 6.03 Å². The van der Waals surface area contributed by atoms with Crippen LogP contribution in [0, 0.1) is 0 Å². The Bertz CT molecular complexity index is 276. The van der Waals surface area contributed by atoms with E-state index in [1.54, 1.807) is 0 Å². The number of urea groups is 1. The second-order valence-electron chi connectivity index (χ2n) is 5.64. The molecule has 2 aliphatic heterocycles. The molecule has 0 aromatic rings. The lowest BCUT2D eigenvalue weighted by Crippen LogP contribution is -2.41. The van der Waals surface area contributed by atoms with E-state index in [1.807, 2.05) is 23.7 Å². The first-order valence-corrected chi connectivity index (χ1v) is 8.63. The molecule has 2 amide bonds. The molecule has 0 radical (unpaired) electrons. The Morgan fingerprint density at radius 1 is 1.37 bits per heavy atom. The van der Waals surface area contributed by atoms with Crippen LogP contribution in [-0.2, 0) is 0 Å². The predicted octanol–water partition coefficient (Wildman–Crippen LogP) is 2.01. The van der Waals surface area contributed by atoms with Crippen LogP contribution in [0.4, 0.5) is 4.79 Å². The third-order valence-electron chi connectivity index (χ3n) is 4.02. The summed E-state index contributed by atoms with van der Waals surface area (Å²) in [5.74, 6) is 1.26. The van der Waals surface area contributed by atoms with Crippen molar-refractivity contribution in [1.29, 1.82) is 0 Å². The number of likely N-dealkylation sites (tertiary alicyclic amines) is 1. The third kappa shape index (κ3) is 5.22. The molecule has 2 rings (SSSR count). The topological polar surface area (TPSA) is 35.6 Å². The van der Waals surface area contributed by atoms with Crippen molar-refractivity contribution < 1.29 is 4.79 Å². The van der Waals surface area contributed by atoms with Gasteiger partial charge in [-0.05, 0) is 57.5 Å². The number of nitrogens with zero attached hydrogens (tertiary/aromatic N) is 2. The molecule has 2 aliphatic rings. The highest BCUT2D eigenvalue weighted by molar-refractivity contribution is 8.00. The van der Waals surface area contributed by atoms with Gasteiger partial charge in [0, 0.05) is 25.4 Å². The van der Waals surface area contributed by atoms with E-state index in [2.05, 4.69) is 10.2 Å². The van der Waals surface area contributed by atoms with Crippen LogP contribution in [0.5, 0.6) is 0 Å². The minimum atomic E-state index is 0.0916. The average molecular weight is 285 g/mol. The summed E-state index contributed by atoms with van der Waals surface area (Å²) >= 11 is 1.99. The Morgan fingerprint density at radius 3 is 2.84 bits per heavy atom. The monoisotopic (exact) mass is 285 g/mol. The van der Waals surface area contributed by atoms with Gasteiger partial charge in [-0.15, -0.1) is 0 Å². The van der Waals surface area contributed by atoms with E-state index in [1.165, 1.54) is 44.5 Å². The van der Waals surface area contributed by atoms with Crippen molar-refractivity contribution in [2.24, 2.45) is 0 Å². The first-order chi connectivity index (χ1) is 9.25. The lowest BCUT2D eigenvalue weighted by molar-refractivity contribution is 0.205. The van der Waals surface area contributed by atoms with Crippen LogP contribution in [0.1, 0.15) is 32.1 Å². The molecule has 2 fully saturated rings. The van der Waals surface area contributed by atoms with Gasteiger partial charge < -0.3 is 15.1 Å². The molecule has 0 spiro atoms. The van der Waals surface area contributed by atoms with E-state index >= 15 is 0 Å². The molecule has 0 aromatic heterocycles. The molecular formula is C14H27N3OS. The van der Waals surface area contributed by atoms with Crippen molar-refractivity contribution in [3.63, 3.8) is 0 Å². The Morgan fingerprint density at radius 2 is 2.16 bits per heavy atom. The Hall–Kier alpha value is -0.420. The number of hydrogen-bond donors (Lipinski definition) is 1. The first-order valence-electron chi connectivity index (χ1n) is 7.58. The molecule has 2 heterocycles. The zero-order valence-electron chi connectivity index (χ0n) is 12.1. The lowest BCUT2D eigenvalue weighted by Gasteiger charge is -2.21. The number of carbonyl (C=O) groups is 1. The molecule has 110 valence electrons. The van der Waals surface area contributed by atoms with Gasteiger partial charge in [0.15, 0.2) is 0 Å². The van der Waals surface area contributed by atoms with Gasteiger partial charge in [0.2, 0.25) is 0 Å². The van der Waals surface area contributed by atoms with Gasteiger partial charge in [-0.2, -0.15) is 11.8 Å². The summed E-state index contributed by atoms with van der Waals surface area (Å²) in [5.41, 5.74) is 0. The van der Waals surface area contributed by atoms with Crippen LogP contribution in [0.3, 0.4) is 0 Å². The summed E-state index contributed by atoms with van der Waals surface area (Å²) in [5, 5.41) is 3.70. The highest BCUT2D eigenvalue weighted by Crippen LogP contribution is 2.25. The smallest absolute Gasteiger partial charge is 0.317 e. The summed E-state index contributed by atoms with van der Waals surface area (Å²) in [6.07, 6.45) is 6.33. The van der Waals surface area contributed by atoms with Gasteiger partial charge in [-0.3, -0.25) is 0 Å². The highest BCUT2D eigenvalue weighted by Gasteiger charge is 2.17. The standard InChI is InChI=1S/C14H27N3OS/c1-16(7-5-10-17-8-2-3-9-17)14(18)15-12-13-6-4-11-19-13/h13H,2-12H2,1H3,(H,15,18). The fourth-order valence-corrected chi connectivity index (χ4v) is 3.98. The van der Waals surface area contributed by atoms with Gasteiger partial charge in [0.25, 0.3) is 0 Å². The van der Waals surface area contributed by atoms with Gasteiger partial charge in [0.1, 0.15) is 0 Å². The number of hydrogen-bond acceptors (Lipinski definition) is 3. The molecule has 2 saturated heterocycles. The predicted molar refractivity (Wildman–Crippen MR) is 81.8 cm³/mol. The largest absolute Gasteiger partial charge is 0.337 e. The zero-order valence-corrected chi connectivity index (χ0v) is 12.9. The maximum absolute atomic E-state index is 11.9. The second-order valence-corrected chi connectivity index (χ2v) is 7.05. The summed E-state index contributed by atoms with van der Waals surface area (Å²) in [7, 11) is 1.90. The van der Waals surface area contributed by atoms with Crippen LogP contribution < -0.4 is 5.32 Å². The normalized spacial score (nSPS) is 23.7. The van der Waals surface area contributed by atoms with Gasteiger partial charge in [-0.25, -0.2) is 4.79 Å². The molecule has 5 heteroatoms. The maximum atomic E-state index is 11.9. The van der Waals surface area contributed by atoms with E-state index in [0.717, 1.165) is 26.1 Å². The molecule has 0 saturated carbocycles. The van der Waals surface area contributed by atoms with E-state index in [-0.39, 0.29) is 6.03 Å². The number of rotatable bonds is 6. The molecule has 4 nitrogen and oxygen atoms in total. The molecule has 1 atom stereocenters. The number of amides is 2. The van der Waals surface area contributed by atoms with Crippen LogP contribution in [0.25, 0.3) is 0 Å². The van der Waals surface area contributed by atoms with Crippen molar-refractivity contribution in [2.75, 3.05) is 45.5 Å². The average Bonchev–Trinajstić information content (AvgIpc) is 3.08. The van der Waals surface area contributed by atoms with Crippen LogP contribution >= 0.6 is 11.8 Å². The Balaban J connectivity index is 1.53. The van der Waals surface area contributed by atoms with Crippen molar-refractivity contribution >= 4 is 17.8 Å². The number of carbonyl (C=O) groups excluding carboxylic acids is 1. The number of nitrogens with one attached hydrogen (secondary N) is 1. The third-order valence-corrected chi connectivity index (χ3v) is 5.42. The number of thioether (sulfide) groups is 1. The molecule has 0 aliphatic carbocycles. The van der Waals surface area contributed by atoms with Gasteiger partial charge in [0.05, 0.1) is 0 Å². The van der Waals surface area contributed by atoms with Gasteiger partial charge in [-0.1, -0.05) is 0 Å². The van der Waals surface area contributed by atoms with Crippen LogP contribution in [-0.4, -0.2) is 66.6 Å². The maximum Gasteiger partial charge on any atom is 0.317 e. The molecule has 19 heavy (non-hydrogen) atoms. The minimum absolute atomic E-state index is 0.0916. The quantitative estimate of drug-likeness (QED) is 0.811. The molecule has 1 unspecified atom stereocenters. The van der Waals surface area contributed by atoms with Crippen LogP contribution in [0.15, 0.2) is 0 Å². The molecule has 0 aromatic carbocycles. The van der Waals surface area contributed by atoms with E-state index in [0.29, 0.717) is 5.25 Å². The minimum Gasteiger partial charge on any atom is -0.337 e. The van der Waals surface area contributed by atoms with Crippen molar-refractivity contribution in [3.8, 4) is 0 Å². The lowest BCUT2D eigenvalue weighted by atomic mass is 10.2.